The van der Waals surface area contributed by atoms with E-state index >= 15 is 0 Å². The maximum absolute atomic E-state index is 12.9. The number of nitrogens with two attached hydrogens (primary N) is 1. The van der Waals surface area contributed by atoms with Crippen molar-refractivity contribution in [3.8, 4) is 0 Å². The van der Waals surface area contributed by atoms with Crippen LogP contribution < -0.4 is 16.0 Å². The highest BCUT2D eigenvalue weighted by atomic mass is 32.1. The molecule has 3 aliphatic heterocycles. The van der Waals surface area contributed by atoms with Crippen molar-refractivity contribution in [2.75, 3.05) is 63.7 Å². The lowest BCUT2D eigenvalue weighted by atomic mass is 9.96. The Hall–Kier alpha value is -1.94. The van der Waals surface area contributed by atoms with Gasteiger partial charge in [-0.05, 0) is 31.9 Å². The average Bonchev–Trinajstić information content (AvgIpc) is 3.40. The van der Waals surface area contributed by atoms with Gasteiger partial charge in [0, 0.05) is 50.3 Å². The van der Waals surface area contributed by atoms with E-state index in [-0.39, 0.29) is 12.0 Å². The van der Waals surface area contributed by atoms with Gasteiger partial charge in [0.2, 0.25) is 0 Å². The third-order valence-electron chi connectivity index (χ3n) is 6.27. The Morgan fingerprint density at radius 1 is 1.27 bits per heavy atom. The van der Waals surface area contributed by atoms with Crippen molar-refractivity contribution < 1.29 is 14.3 Å². The first-order chi connectivity index (χ1) is 14.6. The summed E-state index contributed by atoms with van der Waals surface area (Å²) in [4.78, 5) is 24.0. The summed E-state index contributed by atoms with van der Waals surface area (Å²) in [5, 5.41) is 3.99. The van der Waals surface area contributed by atoms with E-state index in [2.05, 4.69) is 22.2 Å². The summed E-state index contributed by atoms with van der Waals surface area (Å²) >= 11 is 1.41. The molecule has 8 nitrogen and oxygen atoms in total. The Kier molecular flexibility index (Phi) is 5.53. The number of rotatable bonds is 4. The SMILES string of the molecule is CN1CCc2c(c(N3CCOCC3)nc3sc(C(=O)NC[C@H]4CCCO4)c(N)c23)C1. The quantitative estimate of drug-likeness (QED) is 0.760. The molecular formula is C21H29N5O3S. The van der Waals surface area contributed by atoms with Crippen LogP contribution in [-0.4, -0.2) is 74.9 Å². The molecule has 0 bridgehead atoms. The first-order valence-corrected chi connectivity index (χ1v) is 11.6. The van der Waals surface area contributed by atoms with Gasteiger partial charge < -0.3 is 30.3 Å². The lowest BCUT2D eigenvalue weighted by molar-refractivity contribution is 0.0862. The molecule has 2 aromatic heterocycles. The van der Waals surface area contributed by atoms with E-state index in [1.165, 1.54) is 22.5 Å². The molecule has 0 aliphatic carbocycles. The van der Waals surface area contributed by atoms with Crippen LogP contribution in [0.1, 0.15) is 33.6 Å². The number of ether oxygens (including phenoxy) is 2. The number of aromatic nitrogens is 1. The normalized spacial score (nSPS) is 22.4. The van der Waals surface area contributed by atoms with Gasteiger partial charge in [0.05, 0.1) is 25.0 Å². The fraction of sp³-hybridized carbons (Fsp3) is 0.619. The number of hydrogen-bond acceptors (Lipinski definition) is 8. The van der Waals surface area contributed by atoms with Crippen molar-refractivity contribution in [2.24, 2.45) is 0 Å². The van der Waals surface area contributed by atoms with Gasteiger partial charge in [0.1, 0.15) is 15.5 Å². The summed E-state index contributed by atoms with van der Waals surface area (Å²) in [6.45, 7) is 6.24. The largest absolute Gasteiger partial charge is 0.397 e. The molecule has 0 radical (unpaired) electrons. The number of pyridine rings is 1. The standard InChI is InChI=1S/C21H29N5O3S/c1-25-5-4-14-15(12-25)19(26-6-9-28-10-7-26)24-21-16(14)17(22)18(30-21)20(27)23-11-13-3-2-8-29-13/h13H,2-12,22H2,1H3,(H,23,27)/t13-/m1/s1. The molecule has 2 fully saturated rings. The number of amides is 1. The second-order valence-corrected chi connectivity index (χ2v) is 9.35. The number of thiophene rings is 1. The van der Waals surface area contributed by atoms with Gasteiger partial charge in [0.15, 0.2) is 0 Å². The van der Waals surface area contributed by atoms with Gasteiger partial charge in [-0.2, -0.15) is 0 Å². The number of fused-ring (bicyclic) bond motifs is 3. The molecule has 1 atom stereocenters. The summed E-state index contributed by atoms with van der Waals surface area (Å²) < 4.78 is 11.2. The van der Waals surface area contributed by atoms with E-state index in [1.54, 1.807) is 0 Å². The monoisotopic (exact) mass is 431 g/mol. The molecule has 2 aromatic rings. The van der Waals surface area contributed by atoms with Crippen LogP contribution >= 0.6 is 11.3 Å². The lowest BCUT2D eigenvalue weighted by Gasteiger charge is -2.33. The maximum atomic E-state index is 12.9. The Morgan fingerprint density at radius 2 is 2.10 bits per heavy atom. The van der Waals surface area contributed by atoms with Gasteiger partial charge in [0.25, 0.3) is 5.91 Å². The highest BCUT2D eigenvalue weighted by Gasteiger charge is 2.29. The van der Waals surface area contributed by atoms with Crippen molar-refractivity contribution >= 4 is 39.0 Å². The van der Waals surface area contributed by atoms with E-state index in [9.17, 15) is 4.79 Å². The van der Waals surface area contributed by atoms with Gasteiger partial charge in [-0.25, -0.2) is 4.98 Å². The number of nitrogens with zero attached hydrogens (tertiary/aromatic N) is 3. The van der Waals surface area contributed by atoms with Crippen LogP contribution in [-0.2, 0) is 22.4 Å². The first kappa shape index (κ1) is 20.0. The number of carbonyl (C=O) groups excluding carboxylic acids is 1. The van der Waals surface area contributed by atoms with Crippen LogP contribution in [0.25, 0.3) is 10.2 Å². The molecule has 0 unspecified atom stereocenters. The van der Waals surface area contributed by atoms with E-state index in [4.69, 9.17) is 20.2 Å². The van der Waals surface area contributed by atoms with Crippen LogP contribution in [0.5, 0.6) is 0 Å². The molecule has 162 valence electrons. The summed E-state index contributed by atoms with van der Waals surface area (Å²) in [5.41, 5.74) is 9.61. The summed E-state index contributed by atoms with van der Waals surface area (Å²) in [7, 11) is 2.14. The maximum Gasteiger partial charge on any atom is 0.263 e. The summed E-state index contributed by atoms with van der Waals surface area (Å²) in [6, 6.07) is 0. The number of nitrogens with one attached hydrogen (secondary N) is 1. The van der Waals surface area contributed by atoms with Gasteiger partial charge in [-0.1, -0.05) is 0 Å². The molecule has 3 N–H and O–H groups in total. The molecule has 3 aliphatic rings. The lowest BCUT2D eigenvalue weighted by Crippen LogP contribution is -2.39. The van der Waals surface area contributed by atoms with Crippen molar-refractivity contribution in [2.45, 2.75) is 31.9 Å². The second kappa shape index (κ2) is 8.30. The highest BCUT2D eigenvalue weighted by molar-refractivity contribution is 7.21. The van der Waals surface area contributed by atoms with Crippen LogP contribution in [0.4, 0.5) is 11.5 Å². The Morgan fingerprint density at radius 3 is 2.87 bits per heavy atom. The van der Waals surface area contributed by atoms with Gasteiger partial charge in [-0.3, -0.25) is 4.79 Å². The number of carbonyl (C=O) groups is 1. The molecule has 0 spiro atoms. The highest BCUT2D eigenvalue weighted by Crippen LogP contribution is 2.41. The van der Waals surface area contributed by atoms with E-state index in [0.29, 0.717) is 30.3 Å². The second-order valence-electron chi connectivity index (χ2n) is 8.35. The van der Waals surface area contributed by atoms with Gasteiger partial charge >= 0.3 is 0 Å². The fourth-order valence-corrected chi connectivity index (χ4v) is 5.68. The van der Waals surface area contributed by atoms with Crippen molar-refractivity contribution in [1.82, 2.24) is 15.2 Å². The number of likely N-dealkylation sites (N-methyl/N-ethyl adjacent to an activating group) is 1. The molecule has 30 heavy (non-hydrogen) atoms. The topological polar surface area (TPSA) is 93.0 Å². The zero-order chi connectivity index (χ0) is 20.7. The number of nitrogen functional groups attached to an aromatic ring is 1. The molecule has 5 heterocycles. The Balaban J connectivity index is 1.52. The van der Waals surface area contributed by atoms with E-state index < -0.39 is 0 Å². The molecular weight excluding hydrogens is 402 g/mol. The molecule has 0 aromatic carbocycles. The third kappa shape index (κ3) is 3.64. The van der Waals surface area contributed by atoms with Crippen LogP contribution in [0, 0.1) is 0 Å². The zero-order valence-corrected chi connectivity index (χ0v) is 18.2. The smallest absolute Gasteiger partial charge is 0.263 e. The predicted molar refractivity (Wildman–Crippen MR) is 118 cm³/mol. The number of anilines is 2. The van der Waals surface area contributed by atoms with Crippen molar-refractivity contribution in [3.05, 3.63) is 16.0 Å². The number of morpholine rings is 1. The Bertz CT molecular complexity index is 950. The van der Waals surface area contributed by atoms with E-state index in [0.717, 1.165) is 68.1 Å². The zero-order valence-electron chi connectivity index (χ0n) is 17.4. The average molecular weight is 432 g/mol. The number of hydrogen-bond donors (Lipinski definition) is 2. The molecule has 5 rings (SSSR count). The molecule has 9 heteroatoms. The summed E-state index contributed by atoms with van der Waals surface area (Å²) in [6.07, 6.45) is 3.08. The van der Waals surface area contributed by atoms with Gasteiger partial charge in [-0.15, -0.1) is 11.3 Å². The fourth-order valence-electron chi connectivity index (χ4n) is 4.64. The third-order valence-corrected chi connectivity index (χ3v) is 7.37. The predicted octanol–water partition coefficient (Wildman–Crippen LogP) is 1.61. The van der Waals surface area contributed by atoms with Crippen LogP contribution in [0.3, 0.4) is 0 Å². The molecule has 0 saturated carbocycles. The first-order valence-electron chi connectivity index (χ1n) is 10.8. The minimum Gasteiger partial charge on any atom is -0.397 e. The molecule has 1 amide bonds. The van der Waals surface area contributed by atoms with Crippen LogP contribution in [0.2, 0.25) is 0 Å². The van der Waals surface area contributed by atoms with Crippen molar-refractivity contribution in [1.29, 1.82) is 0 Å². The van der Waals surface area contributed by atoms with Crippen molar-refractivity contribution in [3.63, 3.8) is 0 Å². The molecule has 2 saturated heterocycles. The Labute approximate surface area is 180 Å². The minimum absolute atomic E-state index is 0.110. The summed E-state index contributed by atoms with van der Waals surface area (Å²) in [5.74, 6) is 0.903. The minimum atomic E-state index is -0.124. The van der Waals surface area contributed by atoms with Crippen LogP contribution in [0.15, 0.2) is 0 Å². The van der Waals surface area contributed by atoms with E-state index in [1.807, 2.05) is 0 Å².